The van der Waals surface area contributed by atoms with Gasteiger partial charge in [-0.15, -0.1) is 0 Å². The van der Waals surface area contributed by atoms with Crippen molar-refractivity contribution in [3.8, 4) is 28.9 Å². The zero-order valence-electron chi connectivity index (χ0n) is 15.4. The molecular weight excluding hydrogens is 370 g/mol. The molecule has 144 valence electrons. The van der Waals surface area contributed by atoms with Crippen LogP contribution in [0.25, 0.3) is 5.69 Å². The van der Waals surface area contributed by atoms with Crippen LogP contribution in [0.3, 0.4) is 0 Å². The van der Waals surface area contributed by atoms with E-state index in [1.807, 2.05) is 72.8 Å². The lowest BCUT2D eigenvalue weighted by Crippen LogP contribution is -2.01. The first-order valence-corrected chi connectivity index (χ1v) is 9.09. The van der Waals surface area contributed by atoms with Crippen LogP contribution < -0.4 is 19.5 Å². The summed E-state index contributed by atoms with van der Waals surface area (Å²) in [6, 6.07) is 23.5. The number of benzene rings is 3. The summed E-state index contributed by atoms with van der Waals surface area (Å²) in [6.45, 7) is 0.940. The van der Waals surface area contributed by atoms with Gasteiger partial charge in [0.2, 0.25) is 6.79 Å². The second kappa shape index (κ2) is 7.51. The van der Waals surface area contributed by atoms with Crippen molar-refractivity contribution in [3.05, 3.63) is 78.4 Å². The first-order valence-electron chi connectivity index (χ1n) is 9.09. The molecule has 5 rings (SSSR count). The van der Waals surface area contributed by atoms with Gasteiger partial charge in [-0.2, -0.15) is 4.68 Å². The summed E-state index contributed by atoms with van der Waals surface area (Å²) in [7, 11) is 0. The van der Waals surface area contributed by atoms with Crippen molar-refractivity contribution < 1.29 is 14.2 Å². The van der Waals surface area contributed by atoms with Gasteiger partial charge in [-0.05, 0) is 52.4 Å². The number of para-hydroxylation sites is 1. The highest BCUT2D eigenvalue weighted by molar-refractivity contribution is 5.55. The molecule has 0 atom stereocenters. The quantitative estimate of drug-likeness (QED) is 0.539. The van der Waals surface area contributed by atoms with Crippen LogP contribution in [0, 0.1) is 0 Å². The minimum Gasteiger partial charge on any atom is -0.454 e. The Morgan fingerprint density at radius 3 is 2.62 bits per heavy atom. The van der Waals surface area contributed by atoms with Gasteiger partial charge in [0.25, 0.3) is 0 Å². The number of anilines is 1. The highest BCUT2D eigenvalue weighted by Crippen LogP contribution is 2.34. The van der Waals surface area contributed by atoms with Crippen molar-refractivity contribution in [2.45, 2.75) is 6.54 Å². The first-order chi connectivity index (χ1) is 14.3. The molecule has 0 aliphatic carbocycles. The predicted octanol–water partition coefficient (Wildman–Crippen LogP) is 3.80. The van der Waals surface area contributed by atoms with Crippen LogP contribution in [0.2, 0.25) is 0 Å². The fraction of sp³-hybridized carbons (Fsp3) is 0.0952. The summed E-state index contributed by atoms with van der Waals surface area (Å²) in [6.07, 6.45) is 0. The molecule has 0 amide bonds. The summed E-state index contributed by atoms with van der Waals surface area (Å²) in [4.78, 5) is 0. The van der Waals surface area contributed by atoms with Gasteiger partial charge in [-0.25, -0.2) is 0 Å². The number of aromatic nitrogens is 4. The lowest BCUT2D eigenvalue weighted by Gasteiger charge is -2.09. The van der Waals surface area contributed by atoms with Crippen LogP contribution >= 0.6 is 0 Å². The first kappa shape index (κ1) is 17.1. The Labute approximate surface area is 166 Å². The van der Waals surface area contributed by atoms with E-state index in [9.17, 15) is 0 Å². The monoisotopic (exact) mass is 387 g/mol. The van der Waals surface area contributed by atoms with E-state index in [1.165, 1.54) is 0 Å². The minimum absolute atomic E-state index is 0.272. The average molecular weight is 387 g/mol. The summed E-state index contributed by atoms with van der Waals surface area (Å²) < 4.78 is 18.1. The standard InChI is InChI=1S/C21H17N5O3/c1-2-4-17(5-3-1)26-21(23-24-25-26)29-18-9-6-15(7-10-18)13-22-16-8-11-19-20(12-16)28-14-27-19/h1-12,22H,13-14H2. The second-order valence-electron chi connectivity index (χ2n) is 6.38. The maximum atomic E-state index is 5.85. The van der Waals surface area contributed by atoms with Gasteiger partial charge < -0.3 is 19.5 Å². The van der Waals surface area contributed by atoms with E-state index in [1.54, 1.807) is 4.68 Å². The van der Waals surface area contributed by atoms with Crippen molar-refractivity contribution in [2.24, 2.45) is 0 Å². The van der Waals surface area contributed by atoms with E-state index in [2.05, 4.69) is 20.8 Å². The molecule has 3 aromatic carbocycles. The number of rotatable bonds is 6. The molecule has 0 unspecified atom stereocenters. The third kappa shape index (κ3) is 3.68. The van der Waals surface area contributed by atoms with Crippen LogP contribution in [0.15, 0.2) is 72.8 Å². The molecule has 2 heterocycles. The van der Waals surface area contributed by atoms with Gasteiger partial charge in [0.1, 0.15) is 5.75 Å². The predicted molar refractivity (Wildman–Crippen MR) is 106 cm³/mol. The summed E-state index contributed by atoms with van der Waals surface area (Å²) in [5.41, 5.74) is 2.91. The molecule has 1 aliphatic rings. The number of hydrogen-bond donors (Lipinski definition) is 1. The molecule has 0 spiro atoms. The molecule has 1 aliphatic heterocycles. The molecule has 1 N–H and O–H groups in total. The normalized spacial score (nSPS) is 12.0. The van der Waals surface area contributed by atoms with Crippen LogP contribution in [0.1, 0.15) is 5.56 Å². The molecule has 8 nitrogen and oxygen atoms in total. The van der Waals surface area contributed by atoms with Gasteiger partial charge in [-0.1, -0.05) is 35.4 Å². The van der Waals surface area contributed by atoms with E-state index in [0.29, 0.717) is 18.3 Å². The lowest BCUT2D eigenvalue weighted by molar-refractivity contribution is 0.174. The minimum atomic E-state index is 0.272. The Bertz CT molecular complexity index is 1110. The summed E-state index contributed by atoms with van der Waals surface area (Å²) in [5, 5.41) is 15.0. The van der Waals surface area contributed by atoms with E-state index >= 15 is 0 Å². The average Bonchev–Trinajstić information content (AvgIpc) is 3.43. The summed E-state index contributed by atoms with van der Waals surface area (Å²) >= 11 is 0. The molecule has 0 saturated carbocycles. The molecule has 29 heavy (non-hydrogen) atoms. The van der Waals surface area contributed by atoms with Crippen molar-refractivity contribution in [1.29, 1.82) is 0 Å². The van der Waals surface area contributed by atoms with Gasteiger partial charge in [0.05, 0.1) is 5.69 Å². The maximum Gasteiger partial charge on any atom is 0.345 e. The molecule has 0 radical (unpaired) electrons. The van der Waals surface area contributed by atoms with Gasteiger partial charge in [0.15, 0.2) is 11.5 Å². The molecular formula is C21H17N5O3. The number of nitrogens with one attached hydrogen (secondary N) is 1. The third-order valence-corrected chi connectivity index (χ3v) is 4.44. The highest BCUT2D eigenvalue weighted by Gasteiger charge is 2.13. The molecule has 4 aromatic rings. The van der Waals surface area contributed by atoms with Crippen molar-refractivity contribution in [3.63, 3.8) is 0 Å². The third-order valence-electron chi connectivity index (χ3n) is 4.44. The second-order valence-corrected chi connectivity index (χ2v) is 6.38. The fourth-order valence-electron chi connectivity index (χ4n) is 2.97. The largest absolute Gasteiger partial charge is 0.454 e. The van der Waals surface area contributed by atoms with Gasteiger partial charge >= 0.3 is 6.01 Å². The van der Waals surface area contributed by atoms with E-state index in [0.717, 1.165) is 28.4 Å². The number of tetrazole rings is 1. The van der Waals surface area contributed by atoms with E-state index in [4.69, 9.17) is 14.2 Å². The fourth-order valence-corrected chi connectivity index (χ4v) is 2.97. The van der Waals surface area contributed by atoms with Gasteiger partial charge in [-0.3, -0.25) is 0 Å². The Morgan fingerprint density at radius 1 is 0.931 bits per heavy atom. The molecule has 1 aromatic heterocycles. The van der Waals surface area contributed by atoms with Crippen LogP contribution in [-0.2, 0) is 6.54 Å². The zero-order chi connectivity index (χ0) is 19.5. The maximum absolute atomic E-state index is 5.85. The summed E-state index contributed by atoms with van der Waals surface area (Å²) in [5.74, 6) is 2.19. The van der Waals surface area contributed by atoms with E-state index < -0.39 is 0 Å². The topological polar surface area (TPSA) is 83.3 Å². The smallest absolute Gasteiger partial charge is 0.345 e. The Morgan fingerprint density at radius 2 is 1.76 bits per heavy atom. The van der Waals surface area contributed by atoms with Crippen LogP contribution in [-0.4, -0.2) is 27.0 Å². The molecule has 8 heteroatoms. The number of hydrogen-bond acceptors (Lipinski definition) is 7. The lowest BCUT2D eigenvalue weighted by atomic mass is 10.2. The van der Waals surface area contributed by atoms with Crippen LogP contribution in [0.5, 0.6) is 23.3 Å². The number of nitrogens with zero attached hydrogens (tertiary/aromatic N) is 4. The van der Waals surface area contributed by atoms with E-state index in [-0.39, 0.29) is 6.79 Å². The highest BCUT2D eigenvalue weighted by atomic mass is 16.7. The number of fused-ring (bicyclic) bond motifs is 1. The van der Waals surface area contributed by atoms with Gasteiger partial charge in [0, 0.05) is 18.3 Å². The zero-order valence-corrected chi connectivity index (χ0v) is 15.4. The SMILES string of the molecule is c1ccc(-n2nnnc2Oc2ccc(CNc3ccc4c(c3)OCO4)cc2)cc1. The Kier molecular flexibility index (Phi) is 4.42. The van der Waals surface area contributed by atoms with Crippen molar-refractivity contribution >= 4 is 5.69 Å². The Hall–Kier alpha value is -4.07. The Balaban J connectivity index is 1.24. The van der Waals surface area contributed by atoms with Crippen molar-refractivity contribution in [2.75, 3.05) is 12.1 Å². The molecule has 0 bridgehead atoms. The van der Waals surface area contributed by atoms with Crippen LogP contribution in [0.4, 0.5) is 5.69 Å². The number of ether oxygens (including phenoxy) is 3. The molecule has 0 fully saturated rings. The molecule has 0 saturated heterocycles. The van der Waals surface area contributed by atoms with Crippen molar-refractivity contribution in [1.82, 2.24) is 20.2 Å².